The first-order valence-electron chi connectivity index (χ1n) is 5.17. The highest BCUT2D eigenvalue weighted by molar-refractivity contribution is 9.10. The van der Waals surface area contributed by atoms with Gasteiger partial charge in [0.25, 0.3) is 0 Å². The zero-order valence-electron chi connectivity index (χ0n) is 9.68. The minimum absolute atomic E-state index is 0.164. The van der Waals surface area contributed by atoms with Crippen molar-refractivity contribution in [1.29, 1.82) is 0 Å². The lowest BCUT2D eigenvalue weighted by atomic mass is 10.0. The van der Waals surface area contributed by atoms with Gasteiger partial charge in [0.2, 0.25) is 0 Å². The van der Waals surface area contributed by atoms with Crippen LogP contribution in [0.15, 0.2) is 31.9 Å². The fourth-order valence-corrected chi connectivity index (χ4v) is 2.31. The summed E-state index contributed by atoms with van der Waals surface area (Å²) in [5.41, 5.74) is 0.297. The summed E-state index contributed by atoms with van der Waals surface area (Å²) in [5, 5.41) is 0. The third kappa shape index (κ3) is 2.10. The molecule has 0 aliphatic carbocycles. The van der Waals surface area contributed by atoms with Gasteiger partial charge in [0.1, 0.15) is 17.4 Å². The van der Waals surface area contributed by atoms with Gasteiger partial charge in [-0.2, -0.15) is 0 Å². The zero-order valence-corrected chi connectivity index (χ0v) is 11.3. The van der Waals surface area contributed by atoms with Crippen LogP contribution in [-0.4, -0.2) is 0 Å². The highest BCUT2D eigenvalue weighted by Crippen LogP contribution is 2.33. The van der Waals surface area contributed by atoms with Crippen LogP contribution in [0.1, 0.15) is 11.3 Å². The van der Waals surface area contributed by atoms with E-state index in [1.165, 1.54) is 13.0 Å². The summed E-state index contributed by atoms with van der Waals surface area (Å²) in [5.74, 6) is -1.03. The van der Waals surface area contributed by atoms with E-state index in [2.05, 4.69) is 15.9 Å². The molecule has 18 heavy (non-hydrogen) atoms. The van der Waals surface area contributed by atoms with Gasteiger partial charge in [-0.25, -0.2) is 13.6 Å². The Morgan fingerprint density at radius 2 is 1.89 bits per heavy atom. The van der Waals surface area contributed by atoms with E-state index in [0.717, 1.165) is 12.1 Å². The van der Waals surface area contributed by atoms with Crippen molar-refractivity contribution in [2.75, 3.05) is 0 Å². The lowest BCUT2D eigenvalue weighted by Crippen LogP contribution is -2.08. The monoisotopic (exact) mass is 314 g/mol. The van der Waals surface area contributed by atoms with Crippen LogP contribution in [0.25, 0.3) is 11.1 Å². The largest absolute Gasteiger partial charge is 0.427 e. The minimum Gasteiger partial charge on any atom is -0.427 e. The third-order valence-electron chi connectivity index (χ3n) is 2.66. The molecule has 1 heterocycles. The topological polar surface area (TPSA) is 30.2 Å². The molecule has 94 valence electrons. The molecule has 0 spiro atoms. The first-order valence-corrected chi connectivity index (χ1v) is 5.96. The van der Waals surface area contributed by atoms with Crippen LogP contribution in [0.2, 0.25) is 0 Å². The Morgan fingerprint density at radius 1 is 1.22 bits per heavy atom. The molecule has 0 N–H and O–H groups in total. The molecule has 2 rings (SSSR count). The second-order valence-electron chi connectivity index (χ2n) is 3.88. The van der Waals surface area contributed by atoms with E-state index >= 15 is 0 Å². The van der Waals surface area contributed by atoms with Gasteiger partial charge in [0, 0.05) is 22.8 Å². The SMILES string of the molecule is Cc1oc(=O)c(C)c(-c2ccc(F)cc2F)c1Br. The molecule has 1 aromatic carbocycles. The molecule has 5 heteroatoms. The Labute approximate surface area is 110 Å². The van der Waals surface area contributed by atoms with Gasteiger partial charge in [0.15, 0.2) is 0 Å². The molecule has 1 aromatic heterocycles. The molecule has 0 saturated heterocycles. The molecule has 0 atom stereocenters. The maximum atomic E-state index is 13.8. The van der Waals surface area contributed by atoms with E-state index in [4.69, 9.17) is 4.42 Å². The lowest BCUT2D eigenvalue weighted by Gasteiger charge is -2.10. The quantitative estimate of drug-likeness (QED) is 0.797. The van der Waals surface area contributed by atoms with Gasteiger partial charge in [-0.3, -0.25) is 0 Å². The average molecular weight is 315 g/mol. The van der Waals surface area contributed by atoms with Crippen molar-refractivity contribution < 1.29 is 13.2 Å². The number of benzene rings is 1. The van der Waals surface area contributed by atoms with Crippen LogP contribution in [0, 0.1) is 25.5 Å². The number of hydrogen-bond acceptors (Lipinski definition) is 2. The third-order valence-corrected chi connectivity index (χ3v) is 3.61. The van der Waals surface area contributed by atoms with Crippen LogP contribution in [0.4, 0.5) is 8.78 Å². The predicted octanol–water partition coefficient (Wildman–Crippen LogP) is 3.96. The van der Waals surface area contributed by atoms with Crippen LogP contribution >= 0.6 is 15.9 Å². The molecule has 2 aromatic rings. The van der Waals surface area contributed by atoms with Gasteiger partial charge in [-0.1, -0.05) is 0 Å². The van der Waals surface area contributed by atoms with Crippen molar-refractivity contribution in [2.24, 2.45) is 0 Å². The molecule has 2 nitrogen and oxygen atoms in total. The van der Waals surface area contributed by atoms with Gasteiger partial charge >= 0.3 is 5.63 Å². The fraction of sp³-hybridized carbons (Fsp3) is 0.154. The van der Waals surface area contributed by atoms with Crippen molar-refractivity contribution in [3.05, 3.63) is 56.1 Å². The van der Waals surface area contributed by atoms with Crippen molar-refractivity contribution in [1.82, 2.24) is 0 Å². The Balaban J connectivity index is 2.82. The highest BCUT2D eigenvalue weighted by atomic mass is 79.9. The van der Waals surface area contributed by atoms with E-state index < -0.39 is 17.3 Å². The standard InChI is InChI=1S/C13H9BrF2O2/c1-6-11(12(14)7(2)18-13(6)17)9-4-3-8(15)5-10(9)16/h3-5H,1-2H3. The van der Waals surface area contributed by atoms with Crippen LogP contribution in [0.5, 0.6) is 0 Å². The van der Waals surface area contributed by atoms with Crippen molar-refractivity contribution in [2.45, 2.75) is 13.8 Å². The molecule has 0 aliphatic heterocycles. The first kappa shape index (κ1) is 13.0. The van der Waals surface area contributed by atoms with Gasteiger partial charge < -0.3 is 4.42 Å². The summed E-state index contributed by atoms with van der Waals surface area (Å²) in [6, 6.07) is 3.23. The zero-order chi connectivity index (χ0) is 13.4. The van der Waals surface area contributed by atoms with Crippen LogP contribution in [0.3, 0.4) is 0 Å². The molecule has 0 unspecified atom stereocenters. The number of aryl methyl sites for hydroxylation is 1. The maximum absolute atomic E-state index is 13.8. The first-order chi connectivity index (χ1) is 8.41. The molecule has 0 bridgehead atoms. The summed E-state index contributed by atoms with van der Waals surface area (Å²) in [7, 11) is 0. The minimum atomic E-state index is -0.719. The Bertz CT molecular complexity index is 677. The fourth-order valence-electron chi connectivity index (χ4n) is 1.72. The number of halogens is 3. The molecule has 0 amide bonds. The normalized spacial score (nSPS) is 10.7. The molecular weight excluding hydrogens is 306 g/mol. The summed E-state index contributed by atoms with van der Waals surface area (Å²) in [6.07, 6.45) is 0. The van der Waals surface area contributed by atoms with Gasteiger partial charge in [-0.05, 0) is 41.9 Å². The van der Waals surface area contributed by atoms with Crippen LogP contribution < -0.4 is 5.63 Å². The van der Waals surface area contributed by atoms with E-state index in [0.29, 0.717) is 15.8 Å². The van der Waals surface area contributed by atoms with Crippen molar-refractivity contribution in [3.8, 4) is 11.1 Å². The molecule has 0 saturated carbocycles. The maximum Gasteiger partial charge on any atom is 0.339 e. The molecular formula is C13H9BrF2O2. The van der Waals surface area contributed by atoms with Gasteiger partial charge in [-0.15, -0.1) is 0 Å². The Hall–Kier alpha value is -1.49. The highest BCUT2D eigenvalue weighted by Gasteiger charge is 2.17. The molecule has 0 fully saturated rings. The average Bonchev–Trinajstić information content (AvgIpc) is 2.29. The summed E-state index contributed by atoms with van der Waals surface area (Å²) in [6.45, 7) is 3.13. The Morgan fingerprint density at radius 3 is 2.50 bits per heavy atom. The second kappa shape index (κ2) is 4.65. The van der Waals surface area contributed by atoms with E-state index in [-0.39, 0.29) is 11.1 Å². The molecule has 0 radical (unpaired) electrons. The smallest absolute Gasteiger partial charge is 0.339 e. The summed E-state index contributed by atoms with van der Waals surface area (Å²) in [4.78, 5) is 11.6. The Kier molecular flexibility index (Phi) is 3.34. The van der Waals surface area contributed by atoms with Crippen LogP contribution in [-0.2, 0) is 0 Å². The number of rotatable bonds is 1. The molecule has 0 aliphatic rings. The number of hydrogen-bond donors (Lipinski definition) is 0. The summed E-state index contributed by atoms with van der Waals surface area (Å²) >= 11 is 3.26. The van der Waals surface area contributed by atoms with Crippen molar-refractivity contribution >= 4 is 15.9 Å². The lowest BCUT2D eigenvalue weighted by molar-refractivity contribution is 0.472. The van der Waals surface area contributed by atoms with E-state index in [9.17, 15) is 13.6 Å². The predicted molar refractivity (Wildman–Crippen MR) is 67.5 cm³/mol. The summed E-state index contributed by atoms with van der Waals surface area (Å²) < 4.78 is 32.1. The van der Waals surface area contributed by atoms with Crippen molar-refractivity contribution in [3.63, 3.8) is 0 Å². The van der Waals surface area contributed by atoms with E-state index in [1.807, 2.05) is 0 Å². The van der Waals surface area contributed by atoms with E-state index in [1.54, 1.807) is 6.92 Å². The second-order valence-corrected chi connectivity index (χ2v) is 4.68. The van der Waals surface area contributed by atoms with Gasteiger partial charge in [0.05, 0.1) is 4.47 Å².